The number of aliphatic hydroxyl groups excluding tert-OH is 1. The minimum atomic E-state index is -0.672. The van der Waals surface area contributed by atoms with Crippen molar-refractivity contribution in [3.8, 4) is 5.75 Å². The molecular formula is C24H36FNO2. The first-order valence-electron chi connectivity index (χ1n) is 10.6. The minimum absolute atomic E-state index is 0.0516. The molecule has 0 aliphatic carbocycles. The van der Waals surface area contributed by atoms with Crippen LogP contribution in [0.15, 0.2) is 40.7 Å². The quantitative estimate of drug-likeness (QED) is 0.478. The van der Waals surface area contributed by atoms with Gasteiger partial charge in [0, 0.05) is 28.9 Å². The molecule has 2 unspecified atom stereocenters. The van der Waals surface area contributed by atoms with Crippen LogP contribution in [-0.4, -0.2) is 16.3 Å². The number of dihydropyridines is 1. The molecule has 1 aliphatic rings. The van der Waals surface area contributed by atoms with Crippen molar-refractivity contribution < 1.29 is 14.6 Å². The number of hydrogen-bond acceptors (Lipinski definition) is 3. The van der Waals surface area contributed by atoms with Crippen LogP contribution in [0.3, 0.4) is 0 Å². The first-order chi connectivity index (χ1) is 13.2. The van der Waals surface area contributed by atoms with E-state index in [2.05, 4.69) is 39.9 Å². The molecule has 1 heterocycles. The van der Waals surface area contributed by atoms with Gasteiger partial charge in [0.2, 0.25) is 0 Å². The van der Waals surface area contributed by atoms with E-state index in [1.54, 1.807) is 13.0 Å². The average molecular weight is 390 g/mol. The minimum Gasteiger partial charge on any atom is -0.508 e. The van der Waals surface area contributed by atoms with E-state index < -0.39 is 11.9 Å². The van der Waals surface area contributed by atoms with Crippen LogP contribution in [0.2, 0.25) is 0 Å². The molecule has 3 nitrogen and oxygen atoms in total. The van der Waals surface area contributed by atoms with Gasteiger partial charge in [-0.2, -0.15) is 0 Å². The molecule has 2 rings (SSSR count). The monoisotopic (exact) mass is 389 g/mol. The van der Waals surface area contributed by atoms with Crippen LogP contribution in [0, 0.1) is 17.7 Å². The molecule has 3 N–H and O–H groups in total. The Hall–Kier alpha value is -1.81. The van der Waals surface area contributed by atoms with E-state index in [1.165, 1.54) is 17.7 Å². The number of unbranched alkanes of at least 4 members (excludes halogenated alkanes) is 2. The Morgan fingerprint density at radius 2 is 1.68 bits per heavy atom. The molecule has 0 saturated carbocycles. The van der Waals surface area contributed by atoms with Crippen LogP contribution in [0.1, 0.15) is 78.7 Å². The van der Waals surface area contributed by atoms with E-state index >= 15 is 0 Å². The van der Waals surface area contributed by atoms with Gasteiger partial charge in [0.1, 0.15) is 11.6 Å². The fraction of sp³-hybridized carbons (Fsp3) is 0.583. The molecule has 0 bridgehead atoms. The summed E-state index contributed by atoms with van der Waals surface area (Å²) in [4.78, 5) is 0. The van der Waals surface area contributed by atoms with Gasteiger partial charge in [-0.1, -0.05) is 53.5 Å². The van der Waals surface area contributed by atoms with Crippen LogP contribution in [-0.2, 0) is 0 Å². The first kappa shape index (κ1) is 22.5. The van der Waals surface area contributed by atoms with Crippen LogP contribution in [0.25, 0.3) is 0 Å². The number of allylic oxidation sites excluding steroid dienone is 3. The van der Waals surface area contributed by atoms with Gasteiger partial charge in [0.25, 0.3) is 0 Å². The Morgan fingerprint density at radius 3 is 2.18 bits per heavy atom. The second kappa shape index (κ2) is 9.60. The molecule has 0 spiro atoms. The molecule has 0 aromatic heterocycles. The third-order valence-corrected chi connectivity index (χ3v) is 5.54. The number of rotatable bonds is 8. The van der Waals surface area contributed by atoms with Gasteiger partial charge in [-0.3, -0.25) is 0 Å². The van der Waals surface area contributed by atoms with Crippen molar-refractivity contribution in [2.24, 2.45) is 11.8 Å². The van der Waals surface area contributed by atoms with E-state index in [-0.39, 0.29) is 23.5 Å². The molecule has 0 amide bonds. The molecule has 0 saturated heterocycles. The van der Waals surface area contributed by atoms with E-state index in [9.17, 15) is 14.6 Å². The standard InChI is InChI=1S/C24H36FNO2/c1-7-8-9-10-19-22(18-12-11-17(25)13-20(18)28)21(16(6)27)24(15(4)5)26-23(19)14(2)3/h11-16,22,26-28H,7-10H2,1-6H3. The van der Waals surface area contributed by atoms with Gasteiger partial charge in [-0.25, -0.2) is 4.39 Å². The average Bonchev–Trinajstić information content (AvgIpc) is 2.60. The lowest BCUT2D eigenvalue weighted by Gasteiger charge is -2.39. The van der Waals surface area contributed by atoms with E-state index in [4.69, 9.17) is 0 Å². The van der Waals surface area contributed by atoms with Gasteiger partial charge in [0.15, 0.2) is 0 Å². The van der Waals surface area contributed by atoms with Crippen molar-refractivity contribution in [1.29, 1.82) is 0 Å². The Kier molecular flexibility index (Phi) is 7.70. The molecule has 4 heteroatoms. The fourth-order valence-electron chi connectivity index (χ4n) is 4.22. The highest BCUT2D eigenvalue weighted by molar-refractivity contribution is 5.52. The fourth-order valence-corrected chi connectivity index (χ4v) is 4.22. The molecule has 1 aliphatic heterocycles. The predicted molar refractivity (Wildman–Crippen MR) is 113 cm³/mol. The number of phenolic OH excluding ortho intramolecular Hbond substituents is 1. The zero-order valence-corrected chi connectivity index (χ0v) is 18.1. The second-order valence-electron chi connectivity index (χ2n) is 8.51. The SMILES string of the molecule is CCCCCC1=C(C(C)C)NC(C(C)C)=C(C(C)O)C1c1ccc(F)cc1O. The summed E-state index contributed by atoms with van der Waals surface area (Å²) < 4.78 is 13.7. The summed E-state index contributed by atoms with van der Waals surface area (Å²) in [6.45, 7) is 12.5. The van der Waals surface area contributed by atoms with Crippen molar-refractivity contribution in [3.05, 3.63) is 52.1 Å². The van der Waals surface area contributed by atoms with Gasteiger partial charge in [-0.15, -0.1) is 0 Å². The Balaban J connectivity index is 2.73. The number of nitrogens with one attached hydrogen (secondary N) is 1. The van der Waals surface area contributed by atoms with E-state index in [0.29, 0.717) is 5.56 Å². The van der Waals surface area contributed by atoms with Crippen molar-refractivity contribution in [2.75, 3.05) is 0 Å². The topological polar surface area (TPSA) is 52.5 Å². The maximum absolute atomic E-state index is 13.7. The second-order valence-corrected chi connectivity index (χ2v) is 8.51. The summed E-state index contributed by atoms with van der Waals surface area (Å²) in [6.07, 6.45) is 3.51. The third-order valence-electron chi connectivity index (χ3n) is 5.54. The van der Waals surface area contributed by atoms with Gasteiger partial charge < -0.3 is 15.5 Å². The normalized spacial score (nSPS) is 18.9. The summed E-state index contributed by atoms with van der Waals surface area (Å²) in [5.41, 5.74) is 4.92. The first-order valence-corrected chi connectivity index (χ1v) is 10.6. The molecular weight excluding hydrogens is 353 g/mol. The van der Waals surface area contributed by atoms with Crippen molar-refractivity contribution in [2.45, 2.75) is 79.2 Å². The zero-order valence-electron chi connectivity index (χ0n) is 18.1. The van der Waals surface area contributed by atoms with Crippen LogP contribution in [0.4, 0.5) is 4.39 Å². The lowest BCUT2D eigenvalue weighted by Crippen LogP contribution is -2.34. The molecule has 0 radical (unpaired) electrons. The molecule has 28 heavy (non-hydrogen) atoms. The Labute approximate surface area is 169 Å². The summed E-state index contributed by atoms with van der Waals surface area (Å²) in [5, 5.41) is 24.9. The van der Waals surface area contributed by atoms with Crippen molar-refractivity contribution in [1.82, 2.24) is 5.32 Å². The lowest BCUT2D eigenvalue weighted by molar-refractivity contribution is 0.219. The Morgan fingerprint density at radius 1 is 1.04 bits per heavy atom. The number of aliphatic hydroxyl groups is 1. The predicted octanol–water partition coefficient (Wildman–Crippen LogP) is 6.00. The molecule has 1 aromatic rings. The smallest absolute Gasteiger partial charge is 0.126 e. The highest BCUT2D eigenvalue weighted by atomic mass is 19.1. The number of halogens is 1. The molecule has 2 atom stereocenters. The Bertz CT molecular complexity index is 747. The van der Waals surface area contributed by atoms with Crippen LogP contribution in [0.5, 0.6) is 5.75 Å². The molecule has 1 aromatic carbocycles. The highest BCUT2D eigenvalue weighted by Crippen LogP contribution is 2.46. The summed E-state index contributed by atoms with van der Waals surface area (Å²) in [5.74, 6) is -0.271. The summed E-state index contributed by atoms with van der Waals surface area (Å²) >= 11 is 0. The largest absolute Gasteiger partial charge is 0.508 e. The van der Waals surface area contributed by atoms with Crippen LogP contribution < -0.4 is 5.32 Å². The van der Waals surface area contributed by atoms with Crippen LogP contribution >= 0.6 is 0 Å². The lowest BCUT2D eigenvalue weighted by atomic mass is 9.73. The van der Waals surface area contributed by atoms with Gasteiger partial charge >= 0.3 is 0 Å². The number of benzene rings is 1. The number of aromatic hydroxyl groups is 1. The molecule has 156 valence electrons. The van der Waals surface area contributed by atoms with Gasteiger partial charge in [0.05, 0.1) is 6.10 Å². The summed E-state index contributed by atoms with van der Waals surface area (Å²) in [7, 11) is 0. The highest BCUT2D eigenvalue weighted by Gasteiger charge is 2.36. The third kappa shape index (κ3) is 4.78. The van der Waals surface area contributed by atoms with Crippen molar-refractivity contribution >= 4 is 0 Å². The maximum Gasteiger partial charge on any atom is 0.126 e. The van der Waals surface area contributed by atoms with Gasteiger partial charge in [-0.05, 0) is 48.8 Å². The van der Waals surface area contributed by atoms with E-state index in [0.717, 1.165) is 42.7 Å². The maximum atomic E-state index is 13.7. The van der Waals surface area contributed by atoms with E-state index in [1.807, 2.05) is 0 Å². The number of phenols is 1. The number of hydrogen-bond donors (Lipinski definition) is 3. The summed E-state index contributed by atoms with van der Waals surface area (Å²) in [6, 6.07) is 4.23. The molecule has 0 fully saturated rings. The zero-order chi connectivity index (χ0) is 21.0. The van der Waals surface area contributed by atoms with Crippen molar-refractivity contribution in [3.63, 3.8) is 0 Å².